The van der Waals surface area contributed by atoms with E-state index in [1.165, 1.54) is 0 Å². The first-order chi connectivity index (χ1) is 4.54. The molecular formula is C5H13NO4. The number of nitrogens with two attached hydrogens (primary N) is 1. The van der Waals surface area contributed by atoms with E-state index in [0.29, 0.717) is 6.54 Å². The summed E-state index contributed by atoms with van der Waals surface area (Å²) in [6.07, 6.45) is -1.58. The zero-order valence-corrected chi connectivity index (χ0v) is 6.07. The van der Waals surface area contributed by atoms with Gasteiger partial charge >= 0.3 is 6.16 Å². The maximum Gasteiger partial charge on any atom is 0.505 e. The molecule has 10 heavy (non-hydrogen) atoms. The molecule has 0 aliphatic carbocycles. The number of carboxylic acid groups (broad SMARTS) is 1. The van der Waals surface area contributed by atoms with Gasteiger partial charge in [-0.3, -0.25) is 0 Å². The summed E-state index contributed by atoms with van der Waals surface area (Å²) in [5.41, 5.74) is 4.92. The summed E-state index contributed by atoms with van der Waals surface area (Å²) >= 11 is 0. The van der Waals surface area contributed by atoms with E-state index in [-0.39, 0.29) is 6.10 Å². The molecule has 1 unspecified atom stereocenters. The quantitative estimate of drug-likeness (QED) is 0.445. The topological polar surface area (TPSA) is 92.8 Å². The van der Waals surface area contributed by atoms with E-state index in [9.17, 15) is 0 Å². The molecular weight excluding hydrogens is 138 g/mol. The third-order valence-corrected chi connectivity index (χ3v) is 0.516. The van der Waals surface area contributed by atoms with E-state index >= 15 is 0 Å². The Kier molecular flexibility index (Phi) is 9.77. The fourth-order valence-corrected chi connectivity index (χ4v) is 0. The van der Waals surface area contributed by atoms with Gasteiger partial charge in [0.25, 0.3) is 0 Å². The zero-order chi connectivity index (χ0) is 8.57. The summed E-state index contributed by atoms with van der Waals surface area (Å²) in [5, 5.41) is 15.7. The second-order valence-electron chi connectivity index (χ2n) is 1.55. The Morgan fingerprint density at radius 3 is 2.00 bits per heavy atom. The van der Waals surface area contributed by atoms with Gasteiger partial charge in [-0.2, -0.15) is 0 Å². The molecule has 0 amide bonds. The van der Waals surface area contributed by atoms with E-state index in [2.05, 4.69) is 4.74 Å². The van der Waals surface area contributed by atoms with Crippen molar-refractivity contribution in [2.45, 2.75) is 13.0 Å². The fourth-order valence-electron chi connectivity index (χ4n) is 0. The lowest BCUT2D eigenvalue weighted by Crippen LogP contribution is -2.14. The highest BCUT2D eigenvalue weighted by Gasteiger charge is 1.81. The summed E-state index contributed by atoms with van der Waals surface area (Å²) in [5.74, 6) is 0. The van der Waals surface area contributed by atoms with Gasteiger partial charge in [-0.1, -0.05) is 0 Å². The van der Waals surface area contributed by atoms with E-state index in [4.69, 9.17) is 20.7 Å². The largest absolute Gasteiger partial charge is 0.505 e. The first kappa shape index (κ1) is 11.9. The Hall–Kier alpha value is -0.810. The van der Waals surface area contributed by atoms with Crippen LogP contribution < -0.4 is 5.73 Å². The summed E-state index contributed by atoms with van der Waals surface area (Å²) in [7, 11) is 1.10. The number of ether oxygens (including phenoxy) is 1. The molecule has 5 heteroatoms. The maximum atomic E-state index is 9.15. The third-order valence-electron chi connectivity index (χ3n) is 0.516. The van der Waals surface area contributed by atoms with Gasteiger partial charge in [0.05, 0.1) is 13.2 Å². The van der Waals surface area contributed by atoms with Crippen molar-refractivity contribution in [1.82, 2.24) is 0 Å². The van der Waals surface area contributed by atoms with Crippen molar-refractivity contribution in [2.75, 3.05) is 13.7 Å². The zero-order valence-electron chi connectivity index (χ0n) is 6.07. The average Bonchev–Trinajstić information content (AvgIpc) is 1.89. The van der Waals surface area contributed by atoms with Crippen LogP contribution in [0.3, 0.4) is 0 Å². The van der Waals surface area contributed by atoms with Crippen LogP contribution in [0.4, 0.5) is 4.79 Å². The molecule has 0 rings (SSSR count). The highest BCUT2D eigenvalue weighted by Crippen LogP contribution is 1.65. The maximum absolute atomic E-state index is 9.15. The Labute approximate surface area is 59.4 Å². The van der Waals surface area contributed by atoms with Crippen molar-refractivity contribution in [3.05, 3.63) is 0 Å². The number of carbonyl (C=O) groups is 1. The minimum absolute atomic E-state index is 0.338. The Bertz CT molecular complexity index is 83.7. The summed E-state index contributed by atoms with van der Waals surface area (Å²) < 4.78 is 3.67. The monoisotopic (exact) mass is 151 g/mol. The van der Waals surface area contributed by atoms with Crippen LogP contribution >= 0.6 is 0 Å². The third kappa shape index (κ3) is 27.1. The number of hydrogen-bond donors (Lipinski definition) is 3. The first-order valence-corrected chi connectivity index (χ1v) is 2.69. The molecule has 0 saturated heterocycles. The molecule has 4 N–H and O–H groups in total. The van der Waals surface area contributed by atoms with E-state index in [0.717, 1.165) is 7.11 Å². The second kappa shape index (κ2) is 8.19. The van der Waals surface area contributed by atoms with Crippen LogP contribution in [0.25, 0.3) is 0 Å². The first-order valence-electron chi connectivity index (χ1n) is 2.69. The van der Waals surface area contributed by atoms with Gasteiger partial charge in [0, 0.05) is 6.54 Å². The average molecular weight is 151 g/mol. The lowest BCUT2D eigenvalue weighted by Gasteiger charge is -1.91. The van der Waals surface area contributed by atoms with Gasteiger partial charge in [0.1, 0.15) is 0 Å². The molecule has 0 aromatic rings. The van der Waals surface area contributed by atoms with Gasteiger partial charge in [-0.15, -0.1) is 0 Å². The van der Waals surface area contributed by atoms with Crippen LogP contribution in [-0.4, -0.2) is 36.1 Å². The fraction of sp³-hybridized carbons (Fsp3) is 0.800. The van der Waals surface area contributed by atoms with E-state index in [1.54, 1.807) is 6.92 Å². The van der Waals surface area contributed by atoms with Crippen LogP contribution in [-0.2, 0) is 4.74 Å². The Morgan fingerprint density at radius 2 is 2.00 bits per heavy atom. The van der Waals surface area contributed by atoms with Gasteiger partial charge in [-0.25, -0.2) is 4.79 Å². The molecule has 0 heterocycles. The molecule has 5 nitrogen and oxygen atoms in total. The van der Waals surface area contributed by atoms with Crippen LogP contribution in [0.1, 0.15) is 6.92 Å². The normalized spacial score (nSPS) is 10.8. The molecule has 0 aliphatic rings. The van der Waals surface area contributed by atoms with Crippen LogP contribution in [0, 0.1) is 0 Å². The van der Waals surface area contributed by atoms with Crippen molar-refractivity contribution in [3.8, 4) is 0 Å². The highest BCUT2D eigenvalue weighted by atomic mass is 16.6. The van der Waals surface area contributed by atoms with Crippen molar-refractivity contribution >= 4 is 6.16 Å². The van der Waals surface area contributed by atoms with Crippen LogP contribution in [0.2, 0.25) is 0 Å². The van der Waals surface area contributed by atoms with Crippen LogP contribution in [0.15, 0.2) is 0 Å². The van der Waals surface area contributed by atoms with Gasteiger partial charge in [0.2, 0.25) is 0 Å². The van der Waals surface area contributed by atoms with Gasteiger partial charge in [0.15, 0.2) is 0 Å². The number of methoxy groups -OCH3 is 1. The molecule has 62 valence electrons. The Morgan fingerprint density at radius 1 is 1.80 bits per heavy atom. The smallest absolute Gasteiger partial charge is 0.450 e. The van der Waals surface area contributed by atoms with Crippen molar-refractivity contribution in [2.24, 2.45) is 5.73 Å². The lowest BCUT2D eigenvalue weighted by atomic mass is 10.4. The minimum atomic E-state index is -1.25. The van der Waals surface area contributed by atoms with Crippen molar-refractivity contribution in [3.63, 3.8) is 0 Å². The van der Waals surface area contributed by atoms with Gasteiger partial charge in [-0.05, 0) is 6.92 Å². The lowest BCUT2D eigenvalue weighted by molar-refractivity contribution is 0.114. The SMILES string of the molecule is CC(O)CN.COC(=O)O. The molecule has 0 saturated carbocycles. The number of aliphatic hydroxyl groups is 1. The standard InChI is InChI=1S/C3H9NO.C2H4O3/c1-3(5)2-4;1-5-2(3)4/h3,5H,2,4H2,1H3;1H3,(H,3,4). The molecule has 0 fully saturated rings. The minimum Gasteiger partial charge on any atom is -0.450 e. The molecule has 1 atom stereocenters. The Balaban J connectivity index is 0. The molecule has 0 bridgehead atoms. The summed E-state index contributed by atoms with van der Waals surface area (Å²) in [6, 6.07) is 0. The van der Waals surface area contributed by atoms with E-state index < -0.39 is 6.16 Å². The number of rotatable bonds is 1. The molecule has 0 aliphatic heterocycles. The number of hydrogen-bond acceptors (Lipinski definition) is 4. The van der Waals surface area contributed by atoms with Crippen LogP contribution in [0.5, 0.6) is 0 Å². The highest BCUT2D eigenvalue weighted by molar-refractivity contribution is 5.56. The summed E-state index contributed by atoms with van der Waals surface area (Å²) in [6.45, 7) is 2.01. The number of aliphatic hydroxyl groups excluding tert-OH is 1. The molecule has 0 spiro atoms. The van der Waals surface area contributed by atoms with Gasteiger partial charge < -0.3 is 20.7 Å². The predicted octanol–water partition coefficient (Wildman–Crippen LogP) is -0.363. The molecule has 0 aromatic heterocycles. The predicted molar refractivity (Wildman–Crippen MR) is 35.8 cm³/mol. The molecule has 0 aromatic carbocycles. The van der Waals surface area contributed by atoms with Crippen molar-refractivity contribution < 1.29 is 19.7 Å². The summed E-state index contributed by atoms with van der Waals surface area (Å²) in [4.78, 5) is 9.15. The molecule has 0 radical (unpaired) electrons. The second-order valence-corrected chi connectivity index (χ2v) is 1.55. The van der Waals surface area contributed by atoms with Crippen molar-refractivity contribution in [1.29, 1.82) is 0 Å². The van der Waals surface area contributed by atoms with E-state index in [1.807, 2.05) is 0 Å².